The van der Waals surface area contributed by atoms with Crippen molar-refractivity contribution in [2.45, 2.75) is 10.6 Å². The summed E-state index contributed by atoms with van der Waals surface area (Å²) in [6.07, 6.45) is 0. The van der Waals surface area contributed by atoms with Crippen LogP contribution in [-0.4, -0.2) is 41.2 Å². The molecule has 4 rings (SSSR count). The Hall–Kier alpha value is -2.57. The highest BCUT2D eigenvalue weighted by Gasteiger charge is 2.24. The van der Waals surface area contributed by atoms with Gasteiger partial charge in [0.2, 0.25) is 0 Å². The second kappa shape index (κ2) is 8.84. The first-order chi connectivity index (χ1) is 14.1. The van der Waals surface area contributed by atoms with Gasteiger partial charge in [0.05, 0.1) is 16.6 Å². The molecule has 1 atom stereocenters. The lowest BCUT2D eigenvalue weighted by molar-refractivity contribution is 0.0713. The van der Waals surface area contributed by atoms with Crippen LogP contribution in [0.2, 0.25) is 5.02 Å². The average Bonchev–Trinajstić information content (AvgIpc) is 3.22. The van der Waals surface area contributed by atoms with Gasteiger partial charge in [-0.1, -0.05) is 35.9 Å². The number of hydrogen-bond acceptors (Lipinski definition) is 4. The number of anilines is 1. The quantitative estimate of drug-likeness (QED) is 0.611. The van der Waals surface area contributed by atoms with Gasteiger partial charge in [-0.15, -0.1) is 0 Å². The molecular formula is C22H21ClN2O3S. The third-order valence-electron chi connectivity index (χ3n) is 4.89. The van der Waals surface area contributed by atoms with Crippen molar-refractivity contribution in [3.63, 3.8) is 0 Å². The third kappa shape index (κ3) is 4.71. The number of halogens is 1. The summed E-state index contributed by atoms with van der Waals surface area (Å²) in [4.78, 5) is 17.5. The predicted molar refractivity (Wildman–Crippen MR) is 115 cm³/mol. The topological polar surface area (TPSA) is 53.8 Å². The zero-order valence-corrected chi connectivity index (χ0v) is 17.4. The van der Waals surface area contributed by atoms with Crippen LogP contribution in [0.3, 0.4) is 0 Å². The monoisotopic (exact) mass is 428 g/mol. The predicted octanol–water partition coefficient (Wildman–Crippen LogP) is 4.20. The number of rotatable bonds is 5. The van der Waals surface area contributed by atoms with Gasteiger partial charge in [0.25, 0.3) is 5.91 Å². The molecule has 3 aromatic rings. The molecule has 29 heavy (non-hydrogen) atoms. The van der Waals surface area contributed by atoms with Gasteiger partial charge >= 0.3 is 0 Å². The highest BCUT2D eigenvalue weighted by atomic mass is 35.5. The Morgan fingerprint density at radius 1 is 0.966 bits per heavy atom. The Bertz CT molecular complexity index is 1010. The highest BCUT2D eigenvalue weighted by molar-refractivity contribution is 7.84. The Labute approximate surface area is 177 Å². The fraction of sp³-hybridized carbons (Fsp3) is 0.227. The first-order valence-corrected chi connectivity index (χ1v) is 11.1. The SMILES string of the molecule is O=C(c1ccc(C[S@@](=O)c2ccccc2)o1)N1CCN(c2cccc(Cl)c2)CC1. The van der Waals surface area contributed by atoms with Crippen molar-refractivity contribution in [2.75, 3.05) is 31.1 Å². The second-order valence-corrected chi connectivity index (χ2v) is 8.72. The van der Waals surface area contributed by atoms with E-state index in [4.69, 9.17) is 16.0 Å². The van der Waals surface area contributed by atoms with Gasteiger partial charge in [-0.05, 0) is 42.5 Å². The Kier molecular flexibility index (Phi) is 6.02. The van der Waals surface area contributed by atoms with Gasteiger partial charge in [0.1, 0.15) is 5.76 Å². The molecular weight excluding hydrogens is 408 g/mol. The molecule has 5 nitrogen and oxygen atoms in total. The summed E-state index contributed by atoms with van der Waals surface area (Å²) in [5.41, 5.74) is 1.06. The van der Waals surface area contributed by atoms with Crippen molar-refractivity contribution in [3.8, 4) is 0 Å². The van der Waals surface area contributed by atoms with E-state index in [9.17, 15) is 9.00 Å². The van der Waals surface area contributed by atoms with Crippen LogP contribution in [0, 0.1) is 0 Å². The van der Waals surface area contributed by atoms with Crippen molar-refractivity contribution >= 4 is 34.0 Å². The first kappa shape index (κ1) is 19.7. The van der Waals surface area contributed by atoms with Crippen LogP contribution >= 0.6 is 11.6 Å². The summed E-state index contributed by atoms with van der Waals surface area (Å²) in [5.74, 6) is 0.960. The van der Waals surface area contributed by atoms with Gasteiger partial charge in [-0.25, -0.2) is 0 Å². The number of nitrogens with zero attached hydrogens (tertiary/aromatic N) is 2. The van der Waals surface area contributed by atoms with E-state index in [1.807, 2.05) is 54.6 Å². The standard InChI is InChI=1S/C22H21ClN2O3S/c23-17-5-4-6-18(15-17)24-11-13-25(14-12-24)22(26)21-10-9-19(28-21)16-29(27)20-7-2-1-3-8-20/h1-10,15H,11-14,16H2/t29-/m1/s1. The minimum Gasteiger partial charge on any atom is -0.455 e. The van der Waals surface area contributed by atoms with Crippen LogP contribution in [0.1, 0.15) is 16.3 Å². The molecule has 1 amide bonds. The van der Waals surface area contributed by atoms with Crippen LogP contribution < -0.4 is 4.90 Å². The van der Waals surface area contributed by atoms with E-state index in [0.29, 0.717) is 29.6 Å². The maximum atomic E-state index is 12.8. The molecule has 1 aromatic heterocycles. The summed E-state index contributed by atoms with van der Waals surface area (Å²) in [7, 11) is -1.20. The number of carbonyl (C=O) groups is 1. The normalized spacial score (nSPS) is 15.3. The van der Waals surface area contributed by atoms with Crippen LogP contribution in [0.25, 0.3) is 0 Å². The maximum absolute atomic E-state index is 12.8. The van der Waals surface area contributed by atoms with Crippen molar-refractivity contribution in [2.24, 2.45) is 0 Å². The van der Waals surface area contributed by atoms with Gasteiger partial charge in [-0.2, -0.15) is 0 Å². The average molecular weight is 429 g/mol. The summed E-state index contributed by atoms with van der Waals surface area (Å²) in [6.45, 7) is 2.68. The van der Waals surface area contributed by atoms with Crippen LogP contribution in [0.15, 0.2) is 76.0 Å². The van der Waals surface area contributed by atoms with E-state index in [-0.39, 0.29) is 11.7 Å². The van der Waals surface area contributed by atoms with Gasteiger partial charge in [-0.3, -0.25) is 9.00 Å². The summed E-state index contributed by atoms with van der Waals surface area (Å²) in [5, 5.41) is 0.706. The Morgan fingerprint density at radius 3 is 2.45 bits per heavy atom. The van der Waals surface area contributed by atoms with Crippen molar-refractivity contribution in [1.82, 2.24) is 4.90 Å². The van der Waals surface area contributed by atoms with Gasteiger partial charge < -0.3 is 14.2 Å². The highest BCUT2D eigenvalue weighted by Crippen LogP contribution is 2.22. The molecule has 0 bridgehead atoms. The lowest BCUT2D eigenvalue weighted by Gasteiger charge is -2.35. The molecule has 150 valence electrons. The van der Waals surface area contributed by atoms with Gasteiger partial charge in [0.15, 0.2) is 5.76 Å². The van der Waals surface area contributed by atoms with E-state index in [0.717, 1.165) is 23.7 Å². The van der Waals surface area contributed by atoms with E-state index in [1.165, 1.54) is 0 Å². The number of benzene rings is 2. The van der Waals surface area contributed by atoms with E-state index in [2.05, 4.69) is 4.90 Å². The Balaban J connectivity index is 1.35. The number of amides is 1. The lowest BCUT2D eigenvalue weighted by Crippen LogP contribution is -2.48. The molecule has 1 aliphatic heterocycles. The first-order valence-electron chi connectivity index (χ1n) is 9.42. The minimum atomic E-state index is -1.20. The summed E-state index contributed by atoms with van der Waals surface area (Å²) in [6, 6.07) is 20.4. The van der Waals surface area contributed by atoms with Crippen molar-refractivity contribution in [1.29, 1.82) is 0 Å². The van der Waals surface area contributed by atoms with Crippen LogP contribution in [0.4, 0.5) is 5.69 Å². The number of piperazine rings is 1. The van der Waals surface area contributed by atoms with E-state index in [1.54, 1.807) is 17.0 Å². The van der Waals surface area contributed by atoms with E-state index < -0.39 is 10.8 Å². The summed E-state index contributed by atoms with van der Waals surface area (Å²) < 4.78 is 18.1. The molecule has 0 unspecified atom stereocenters. The largest absolute Gasteiger partial charge is 0.455 e. The molecule has 1 fully saturated rings. The zero-order valence-electron chi connectivity index (χ0n) is 15.8. The molecule has 2 aromatic carbocycles. The lowest BCUT2D eigenvalue weighted by atomic mass is 10.2. The molecule has 0 saturated carbocycles. The zero-order chi connectivity index (χ0) is 20.2. The number of furan rings is 1. The number of carbonyl (C=O) groups excluding carboxylic acids is 1. The minimum absolute atomic E-state index is 0.132. The molecule has 1 aliphatic rings. The molecule has 0 aliphatic carbocycles. The van der Waals surface area contributed by atoms with Crippen molar-refractivity contribution in [3.05, 3.63) is 83.3 Å². The molecule has 1 saturated heterocycles. The molecule has 7 heteroatoms. The molecule has 0 radical (unpaired) electrons. The third-order valence-corrected chi connectivity index (χ3v) is 6.47. The second-order valence-electron chi connectivity index (χ2n) is 6.83. The smallest absolute Gasteiger partial charge is 0.289 e. The molecule has 2 heterocycles. The fourth-order valence-electron chi connectivity index (χ4n) is 3.35. The van der Waals surface area contributed by atoms with Crippen molar-refractivity contribution < 1.29 is 13.4 Å². The molecule has 0 N–H and O–H groups in total. The van der Waals surface area contributed by atoms with Gasteiger partial charge in [0, 0.05) is 41.8 Å². The Morgan fingerprint density at radius 2 is 1.72 bits per heavy atom. The van der Waals surface area contributed by atoms with E-state index >= 15 is 0 Å². The fourth-order valence-corrected chi connectivity index (χ4v) is 4.58. The van der Waals surface area contributed by atoms with Crippen LogP contribution in [-0.2, 0) is 16.6 Å². The summed E-state index contributed by atoms with van der Waals surface area (Å²) >= 11 is 6.08. The number of hydrogen-bond donors (Lipinski definition) is 0. The van der Waals surface area contributed by atoms with Crippen LogP contribution in [0.5, 0.6) is 0 Å². The molecule has 0 spiro atoms. The maximum Gasteiger partial charge on any atom is 0.289 e.